The van der Waals surface area contributed by atoms with Crippen LogP contribution in [0.25, 0.3) is 0 Å². The normalized spacial score (nSPS) is 10.2. The summed E-state index contributed by atoms with van der Waals surface area (Å²) in [7, 11) is 1.32. The van der Waals surface area contributed by atoms with Gasteiger partial charge in [0.1, 0.15) is 5.82 Å². The number of halogens is 1. The molecule has 3 rings (SSSR count). The average Bonchev–Trinajstić information content (AvgIpc) is 2.63. The summed E-state index contributed by atoms with van der Waals surface area (Å²) in [6.45, 7) is 0. The van der Waals surface area contributed by atoms with Gasteiger partial charge in [-0.2, -0.15) is 10.1 Å². The molecule has 0 saturated carbocycles. The first kappa shape index (κ1) is 16.3. The summed E-state index contributed by atoms with van der Waals surface area (Å²) in [6, 6.07) is 12.9. The summed E-state index contributed by atoms with van der Waals surface area (Å²) in [6.07, 6.45) is 1.41. The fraction of sp³-hybridized carbons (Fsp3) is 0.0588. The number of carbonyl (C=O) groups is 1. The Kier molecular flexibility index (Phi) is 4.79. The summed E-state index contributed by atoms with van der Waals surface area (Å²) in [5.74, 6) is -0.336. The quantitative estimate of drug-likeness (QED) is 0.690. The Bertz CT molecular complexity index is 903. The van der Waals surface area contributed by atoms with Gasteiger partial charge < -0.3 is 15.4 Å². The molecule has 0 bridgehead atoms. The Hall–Kier alpha value is -3.55. The molecule has 0 fully saturated rings. The largest absolute Gasteiger partial charge is 0.465 e. The molecule has 7 nitrogen and oxygen atoms in total. The number of hydrogen-bond acceptors (Lipinski definition) is 7. The van der Waals surface area contributed by atoms with E-state index in [4.69, 9.17) is 0 Å². The standard InChI is InChI=1S/C17H14FN5O2/c1-25-16(24)11-5-4-6-12(9-11)20-15-10-19-23-17(22-15)21-14-8-3-2-7-13(14)18/h2-10H,1H3,(H2,20,21,22,23). The van der Waals surface area contributed by atoms with Crippen molar-refractivity contribution in [3.8, 4) is 0 Å². The van der Waals surface area contributed by atoms with Crippen molar-refractivity contribution in [3.05, 3.63) is 66.1 Å². The summed E-state index contributed by atoms with van der Waals surface area (Å²) in [5.41, 5.74) is 1.27. The number of aromatic nitrogens is 3. The molecule has 25 heavy (non-hydrogen) atoms. The number of para-hydroxylation sites is 1. The highest BCUT2D eigenvalue weighted by atomic mass is 19.1. The molecule has 0 radical (unpaired) electrons. The molecule has 0 aliphatic heterocycles. The van der Waals surface area contributed by atoms with Gasteiger partial charge in [-0.1, -0.05) is 18.2 Å². The molecular formula is C17H14FN5O2. The summed E-state index contributed by atoms with van der Waals surface area (Å²) >= 11 is 0. The Balaban J connectivity index is 1.78. The number of ether oxygens (including phenoxy) is 1. The monoisotopic (exact) mass is 339 g/mol. The van der Waals surface area contributed by atoms with Gasteiger partial charge in [0.25, 0.3) is 0 Å². The van der Waals surface area contributed by atoms with E-state index in [1.54, 1.807) is 42.5 Å². The van der Waals surface area contributed by atoms with Crippen LogP contribution in [-0.2, 0) is 4.74 Å². The molecule has 0 aliphatic rings. The van der Waals surface area contributed by atoms with E-state index in [-0.39, 0.29) is 11.6 Å². The van der Waals surface area contributed by atoms with Crippen LogP contribution in [0.15, 0.2) is 54.7 Å². The number of benzene rings is 2. The van der Waals surface area contributed by atoms with Gasteiger partial charge in [-0.3, -0.25) is 0 Å². The zero-order chi connectivity index (χ0) is 17.6. The van der Waals surface area contributed by atoms with Crippen LogP contribution in [0.2, 0.25) is 0 Å². The van der Waals surface area contributed by atoms with Crippen molar-refractivity contribution < 1.29 is 13.9 Å². The van der Waals surface area contributed by atoms with E-state index in [0.717, 1.165) is 0 Å². The number of nitrogens with one attached hydrogen (secondary N) is 2. The van der Waals surface area contributed by atoms with Gasteiger partial charge in [-0.15, -0.1) is 5.10 Å². The number of rotatable bonds is 5. The van der Waals surface area contributed by atoms with Crippen LogP contribution >= 0.6 is 0 Å². The molecule has 1 aromatic heterocycles. The zero-order valence-electron chi connectivity index (χ0n) is 13.2. The maximum absolute atomic E-state index is 13.7. The first-order chi connectivity index (χ1) is 12.2. The molecule has 0 atom stereocenters. The Morgan fingerprint density at radius 3 is 2.76 bits per heavy atom. The number of anilines is 4. The fourth-order valence-electron chi connectivity index (χ4n) is 2.09. The number of esters is 1. The molecule has 0 unspecified atom stereocenters. The van der Waals surface area contributed by atoms with Crippen molar-refractivity contribution in [2.24, 2.45) is 0 Å². The van der Waals surface area contributed by atoms with Crippen molar-refractivity contribution in [2.75, 3.05) is 17.7 Å². The van der Waals surface area contributed by atoms with E-state index in [9.17, 15) is 9.18 Å². The first-order valence-electron chi connectivity index (χ1n) is 7.32. The third-order valence-electron chi connectivity index (χ3n) is 3.24. The molecule has 0 aliphatic carbocycles. The SMILES string of the molecule is COC(=O)c1cccc(Nc2cnnc(Nc3ccccc3F)n2)c1. The topological polar surface area (TPSA) is 89.0 Å². The van der Waals surface area contributed by atoms with Gasteiger partial charge in [0.15, 0.2) is 5.82 Å². The van der Waals surface area contributed by atoms with Gasteiger partial charge >= 0.3 is 5.97 Å². The number of carbonyl (C=O) groups excluding carboxylic acids is 1. The Morgan fingerprint density at radius 2 is 1.96 bits per heavy atom. The van der Waals surface area contributed by atoms with Crippen LogP contribution in [0, 0.1) is 5.82 Å². The lowest BCUT2D eigenvalue weighted by atomic mass is 10.2. The van der Waals surface area contributed by atoms with Gasteiger partial charge in [-0.05, 0) is 30.3 Å². The smallest absolute Gasteiger partial charge is 0.337 e. The second-order valence-electron chi connectivity index (χ2n) is 4.97. The van der Waals surface area contributed by atoms with Gasteiger partial charge in [0.2, 0.25) is 5.95 Å². The third kappa shape index (κ3) is 4.05. The predicted molar refractivity (Wildman–Crippen MR) is 90.6 cm³/mol. The minimum absolute atomic E-state index is 0.138. The second kappa shape index (κ2) is 7.35. The number of nitrogens with zero attached hydrogens (tertiary/aromatic N) is 3. The van der Waals surface area contributed by atoms with Crippen LogP contribution in [0.5, 0.6) is 0 Å². The van der Waals surface area contributed by atoms with E-state index >= 15 is 0 Å². The maximum Gasteiger partial charge on any atom is 0.337 e. The lowest BCUT2D eigenvalue weighted by Gasteiger charge is -2.09. The van der Waals surface area contributed by atoms with Crippen molar-refractivity contribution in [2.45, 2.75) is 0 Å². The van der Waals surface area contributed by atoms with Crippen molar-refractivity contribution in [1.29, 1.82) is 0 Å². The zero-order valence-corrected chi connectivity index (χ0v) is 13.2. The fourth-order valence-corrected chi connectivity index (χ4v) is 2.09. The second-order valence-corrected chi connectivity index (χ2v) is 4.97. The maximum atomic E-state index is 13.7. The van der Waals surface area contributed by atoms with Crippen LogP contribution in [0.1, 0.15) is 10.4 Å². The first-order valence-corrected chi connectivity index (χ1v) is 7.32. The van der Waals surface area contributed by atoms with Gasteiger partial charge in [0, 0.05) is 5.69 Å². The van der Waals surface area contributed by atoms with Gasteiger partial charge in [0.05, 0.1) is 24.6 Å². The molecule has 0 amide bonds. The lowest BCUT2D eigenvalue weighted by Crippen LogP contribution is -2.04. The molecule has 8 heteroatoms. The summed E-state index contributed by atoms with van der Waals surface area (Å²) in [5, 5.41) is 13.4. The van der Waals surface area contributed by atoms with E-state index in [1.807, 2.05) is 0 Å². The van der Waals surface area contributed by atoms with E-state index in [2.05, 4.69) is 30.6 Å². The molecule has 1 heterocycles. The lowest BCUT2D eigenvalue weighted by molar-refractivity contribution is 0.0601. The highest BCUT2D eigenvalue weighted by molar-refractivity contribution is 5.90. The third-order valence-corrected chi connectivity index (χ3v) is 3.24. The van der Waals surface area contributed by atoms with E-state index in [0.29, 0.717) is 17.1 Å². The molecule has 0 saturated heterocycles. The van der Waals surface area contributed by atoms with Crippen molar-refractivity contribution >= 4 is 29.1 Å². The molecular weight excluding hydrogens is 325 g/mol. The minimum atomic E-state index is -0.439. The van der Waals surface area contributed by atoms with Crippen LogP contribution in [0.3, 0.4) is 0 Å². The van der Waals surface area contributed by atoms with Crippen LogP contribution < -0.4 is 10.6 Å². The molecule has 2 aromatic carbocycles. The highest BCUT2D eigenvalue weighted by Gasteiger charge is 2.08. The average molecular weight is 339 g/mol. The molecule has 3 aromatic rings. The minimum Gasteiger partial charge on any atom is -0.465 e. The Morgan fingerprint density at radius 1 is 1.12 bits per heavy atom. The van der Waals surface area contributed by atoms with Crippen LogP contribution in [0.4, 0.5) is 27.5 Å². The number of hydrogen-bond donors (Lipinski definition) is 2. The summed E-state index contributed by atoms with van der Waals surface area (Å²) in [4.78, 5) is 15.8. The van der Waals surface area contributed by atoms with Crippen LogP contribution in [-0.4, -0.2) is 28.3 Å². The molecule has 0 spiro atoms. The predicted octanol–water partition coefficient (Wildman–Crippen LogP) is 3.28. The Labute approximate surface area is 142 Å². The molecule has 2 N–H and O–H groups in total. The molecule has 126 valence electrons. The van der Waals surface area contributed by atoms with Crippen molar-refractivity contribution in [1.82, 2.24) is 15.2 Å². The summed E-state index contributed by atoms with van der Waals surface area (Å²) < 4.78 is 18.4. The van der Waals surface area contributed by atoms with Gasteiger partial charge in [-0.25, -0.2) is 9.18 Å². The van der Waals surface area contributed by atoms with E-state index in [1.165, 1.54) is 19.4 Å². The van der Waals surface area contributed by atoms with Crippen molar-refractivity contribution in [3.63, 3.8) is 0 Å². The highest BCUT2D eigenvalue weighted by Crippen LogP contribution is 2.19. The number of methoxy groups -OCH3 is 1. The van der Waals surface area contributed by atoms with E-state index < -0.39 is 11.8 Å².